The summed E-state index contributed by atoms with van der Waals surface area (Å²) >= 11 is 0. The summed E-state index contributed by atoms with van der Waals surface area (Å²) in [5, 5.41) is 0. The quantitative estimate of drug-likeness (QED) is 0.773. The molecule has 0 aromatic carbocycles. The highest BCUT2D eigenvalue weighted by Gasteiger charge is 2.46. The van der Waals surface area contributed by atoms with Gasteiger partial charge in [0.05, 0.1) is 18.8 Å². The zero-order chi connectivity index (χ0) is 13.5. The molecule has 2 rings (SSSR count). The third-order valence-electron chi connectivity index (χ3n) is 3.43. The van der Waals surface area contributed by atoms with E-state index in [1.807, 2.05) is 26.8 Å². The van der Waals surface area contributed by atoms with Gasteiger partial charge in [0.2, 0.25) is 0 Å². The average molecular weight is 250 g/mol. The van der Waals surface area contributed by atoms with Crippen LogP contribution in [0.5, 0.6) is 5.75 Å². The van der Waals surface area contributed by atoms with Crippen molar-refractivity contribution in [2.75, 3.05) is 7.11 Å². The fourth-order valence-electron chi connectivity index (χ4n) is 1.94. The van der Waals surface area contributed by atoms with E-state index in [2.05, 4.69) is 0 Å². The first-order chi connectivity index (χ1) is 8.37. The molecule has 0 aliphatic carbocycles. The molecular formula is C14H18O4. The summed E-state index contributed by atoms with van der Waals surface area (Å²) in [5.74, 6) is 1.07. The average Bonchev–Trinajstić information content (AvgIpc) is 2.89. The van der Waals surface area contributed by atoms with Crippen molar-refractivity contribution >= 4 is 5.57 Å². The van der Waals surface area contributed by atoms with E-state index in [1.54, 1.807) is 13.0 Å². The molecule has 4 nitrogen and oxygen atoms in total. The summed E-state index contributed by atoms with van der Waals surface area (Å²) in [5.41, 5.74) is 0.737. The fraction of sp³-hybridized carbons (Fsp3) is 0.500. The van der Waals surface area contributed by atoms with E-state index in [-0.39, 0.29) is 17.3 Å². The van der Waals surface area contributed by atoms with Crippen LogP contribution in [0.4, 0.5) is 0 Å². The molecule has 0 bridgehead atoms. The molecule has 4 heteroatoms. The van der Waals surface area contributed by atoms with E-state index in [0.29, 0.717) is 17.1 Å². The molecule has 1 aliphatic heterocycles. The molecule has 98 valence electrons. The predicted octanol–water partition coefficient (Wildman–Crippen LogP) is 2.54. The number of rotatable bonds is 3. The SMILES string of the molecule is COc1cc(C(C)=C[C@]2(C)O[C@@H]2C)oc(=O)c1C. The van der Waals surface area contributed by atoms with Gasteiger partial charge in [-0.15, -0.1) is 0 Å². The third kappa shape index (κ3) is 2.20. The van der Waals surface area contributed by atoms with Crippen LogP contribution in [0.2, 0.25) is 0 Å². The van der Waals surface area contributed by atoms with Crippen LogP contribution in [0.15, 0.2) is 21.4 Å². The molecule has 1 aliphatic rings. The highest BCUT2D eigenvalue weighted by molar-refractivity contribution is 5.62. The maximum absolute atomic E-state index is 11.7. The number of methoxy groups -OCH3 is 1. The number of hydrogen-bond acceptors (Lipinski definition) is 4. The lowest BCUT2D eigenvalue weighted by Crippen LogP contribution is -2.08. The maximum atomic E-state index is 11.7. The first kappa shape index (κ1) is 12.9. The molecule has 1 saturated heterocycles. The van der Waals surface area contributed by atoms with Gasteiger partial charge in [-0.25, -0.2) is 4.79 Å². The van der Waals surface area contributed by atoms with Crippen molar-refractivity contribution in [3.63, 3.8) is 0 Å². The Morgan fingerprint density at radius 2 is 2.17 bits per heavy atom. The van der Waals surface area contributed by atoms with E-state index in [1.165, 1.54) is 7.11 Å². The Morgan fingerprint density at radius 1 is 1.56 bits per heavy atom. The van der Waals surface area contributed by atoms with Crippen molar-refractivity contribution in [3.8, 4) is 5.75 Å². The van der Waals surface area contributed by atoms with Gasteiger partial charge in [0.15, 0.2) is 0 Å². The van der Waals surface area contributed by atoms with E-state index in [0.717, 1.165) is 5.57 Å². The van der Waals surface area contributed by atoms with E-state index < -0.39 is 0 Å². The first-order valence-corrected chi connectivity index (χ1v) is 5.94. The Hall–Kier alpha value is -1.55. The first-order valence-electron chi connectivity index (χ1n) is 5.94. The molecule has 0 spiro atoms. The summed E-state index contributed by atoms with van der Waals surface area (Å²) in [6.45, 7) is 7.59. The van der Waals surface area contributed by atoms with Gasteiger partial charge in [0, 0.05) is 6.07 Å². The lowest BCUT2D eigenvalue weighted by molar-refractivity contribution is 0.349. The molecule has 1 aromatic heterocycles. The zero-order valence-corrected chi connectivity index (χ0v) is 11.4. The summed E-state index contributed by atoms with van der Waals surface area (Å²) < 4.78 is 15.9. The van der Waals surface area contributed by atoms with Crippen molar-refractivity contribution < 1.29 is 13.9 Å². The van der Waals surface area contributed by atoms with Gasteiger partial charge in [0.1, 0.15) is 17.1 Å². The highest BCUT2D eigenvalue weighted by Crippen LogP contribution is 2.39. The van der Waals surface area contributed by atoms with Gasteiger partial charge >= 0.3 is 5.63 Å². The Morgan fingerprint density at radius 3 is 2.67 bits per heavy atom. The largest absolute Gasteiger partial charge is 0.496 e. The minimum absolute atomic E-state index is 0.200. The molecule has 1 aromatic rings. The Labute approximate surface area is 106 Å². The van der Waals surface area contributed by atoms with Gasteiger partial charge < -0.3 is 13.9 Å². The van der Waals surface area contributed by atoms with Crippen molar-refractivity contribution in [2.45, 2.75) is 39.4 Å². The summed E-state index contributed by atoms with van der Waals surface area (Å²) in [6.07, 6.45) is 2.18. The monoisotopic (exact) mass is 250 g/mol. The second-order valence-corrected chi connectivity index (χ2v) is 4.86. The van der Waals surface area contributed by atoms with Gasteiger partial charge in [-0.3, -0.25) is 0 Å². The van der Waals surface area contributed by atoms with Crippen LogP contribution in [0.25, 0.3) is 5.57 Å². The number of hydrogen-bond donors (Lipinski definition) is 0. The van der Waals surface area contributed by atoms with Crippen LogP contribution in [-0.2, 0) is 4.74 Å². The van der Waals surface area contributed by atoms with Crippen LogP contribution < -0.4 is 10.4 Å². The van der Waals surface area contributed by atoms with Crippen LogP contribution >= 0.6 is 0 Å². The molecular weight excluding hydrogens is 232 g/mol. The molecule has 0 unspecified atom stereocenters. The lowest BCUT2D eigenvalue weighted by Gasteiger charge is -2.07. The molecule has 0 N–H and O–H groups in total. The van der Waals surface area contributed by atoms with Crippen molar-refractivity contribution in [3.05, 3.63) is 33.9 Å². The van der Waals surface area contributed by atoms with E-state index in [4.69, 9.17) is 13.9 Å². The molecule has 18 heavy (non-hydrogen) atoms. The molecule has 2 atom stereocenters. The van der Waals surface area contributed by atoms with Gasteiger partial charge in [-0.05, 0) is 39.3 Å². The Bertz CT molecular complexity index is 555. The zero-order valence-electron chi connectivity index (χ0n) is 11.4. The van der Waals surface area contributed by atoms with Gasteiger partial charge in [-0.1, -0.05) is 0 Å². The normalized spacial score (nSPS) is 27.2. The standard InChI is InChI=1S/C14H18O4/c1-8(7-14(4)10(3)18-14)11-6-12(16-5)9(2)13(15)17-11/h6-7,10H,1-5H3/t10-,14+/m1/s1. The van der Waals surface area contributed by atoms with Crippen molar-refractivity contribution in [1.82, 2.24) is 0 Å². The Kier molecular flexibility index (Phi) is 3.07. The van der Waals surface area contributed by atoms with Crippen LogP contribution in [-0.4, -0.2) is 18.8 Å². The van der Waals surface area contributed by atoms with Crippen LogP contribution in [0, 0.1) is 6.92 Å². The molecule has 0 amide bonds. The lowest BCUT2D eigenvalue weighted by atomic mass is 10.0. The number of ether oxygens (including phenoxy) is 2. The molecule has 1 fully saturated rings. The van der Waals surface area contributed by atoms with E-state index in [9.17, 15) is 4.79 Å². The van der Waals surface area contributed by atoms with Gasteiger partial charge in [0.25, 0.3) is 0 Å². The predicted molar refractivity (Wildman–Crippen MR) is 68.9 cm³/mol. The van der Waals surface area contributed by atoms with Crippen molar-refractivity contribution in [2.24, 2.45) is 0 Å². The second-order valence-electron chi connectivity index (χ2n) is 4.86. The van der Waals surface area contributed by atoms with E-state index >= 15 is 0 Å². The number of allylic oxidation sites excluding steroid dienone is 1. The van der Waals surface area contributed by atoms with Gasteiger partial charge in [-0.2, -0.15) is 0 Å². The number of epoxide rings is 1. The van der Waals surface area contributed by atoms with Crippen LogP contribution in [0.1, 0.15) is 32.1 Å². The Balaban J connectivity index is 2.40. The fourth-order valence-corrected chi connectivity index (χ4v) is 1.94. The molecule has 0 radical (unpaired) electrons. The summed E-state index contributed by atoms with van der Waals surface area (Å²) in [7, 11) is 1.54. The van der Waals surface area contributed by atoms with Crippen molar-refractivity contribution in [1.29, 1.82) is 0 Å². The molecule has 0 saturated carbocycles. The van der Waals surface area contributed by atoms with Crippen LogP contribution in [0.3, 0.4) is 0 Å². The molecule has 2 heterocycles. The summed E-state index contributed by atoms with van der Waals surface area (Å²) in [4.78, 5) is 11.7. The minimum atomic E-state index is -0.369. The maximum Gasteiger partial charge on any atom is 0.342 e. The highest BCUT2D eigenvalue weighted by atomic mass is 16.6. The third-order valence-corrected chi connectivity index (χ3v) is 3.43. The topological polar surface area (TPSA) is 52.0 Å². The smallest absolute Gasteiger partial charge is 0.342 e. The minimum Gasteiger partial charge on any atom is -0.496 e. The second kappa shape index (κ2) is 4.28. The summed E-state index contributed by atoms with van der Waals surface area (Å²) in [6, 6.07) is 1.74.